The van der Waals surface area contributed by atoms with Gasteiger partial charge in [-0.3, -0.25) is 0 Å². The molecule has 2 rings (SSSR count). The van der Waals surface area contributed by atoms with Gasteiger partial charge in [0.15, 0.2) is 6.29 Å². The molecule has 0 aliphatic heterocycles. The Hall–Kier alpha value is -1.95. The Kier molecular flexibility index (Phi) is 6.39. The van der Waals surface area contributed by atoms with E-state index in [4.69, 9.17) is 9.47 Å². The van der Waals surface area contributed by atoms with E-state index < -0.39 is 23.3 Å². The highest BCUT2D eigenvalue weighted by atomic mass is 16.7. The van der Waals surface area contributed by atoms with Gasteiger partial charge < -0.3 is 19.3 Å². The zero-order valence-electron chi connectivity index (χ0n) is 16.1. The van der Waals surface area contributed by atoms with Crippen LogP contribution in [0, 0.1) is 5.41 Å². The molecule has 1 aliphatic carbocycles. The number of ether oxygens (including phenoxy) is 3. The molecule has 2 atom stereocenters. The van der Waals surface area contributed by atoms with Crippen LogP contribution in [0.15, 0.2) is 48.1 Å². The van der Waals surface area contributed by atoms with Crippen molar-refractivity contribution in [2.75, 3.05) is 21.3 Å². The number of rotatable bonds is 6. The summed E-state index contributed by atoms with van der Waals surface area (Å²) in [4.78, 5) is 11.4. The fourth-order valence-corrected chi connectivity index (χ4v) is 3.74. The van der Waals surface area contributed by atoms with E-state index in [1.807, 2.05) is 31.2 Å². The van der Waals surface area contributed by atoms with Crippen LogP contribution < -0.4 is 0 Å². The first-order valence-electron chi connectivity index (χ1n) is 8.64. The number of hydrogen-bond donors (Lipinski definition) is 1. The van der Waals surface area contributed by atoms with Crippen molar-refractivity contribution in [3.05, 3.63) is 59.2 Å². The lowest BCUT2D eigenvalue weighted by atomic mass is 9.61. The van der Waals surface area contributed by atoms with Gasteiger partial charge >= 0.3 is 5.97 Å². The molecule has 0 aromatic heterocycles. The number of aryl methyl sites for hydroxylation is 1. The average Bonchev–Trinajstić information content (AvgIpc) is 2.64. The Balaban J connectivity index is 2.56. The quantitative estimate of drug-likeness (QED) is 0.365. The number of hydrogen-bond acceptors (Lipinski definition) is 5. The van der Waals surface area contributed by atoms with Gasteiger partial charge in [-0.2, -0.15) is 0 Å². The number of esters is 1. The van der Waals surface area contributed by atoms with Crippen LogP contribution >= 0.6 is 0 Å². The molecule has 1 aliphatic rings. The molecule has 26 heavy (non-hydrogen) atoms. The summed E-state index contributed by atoms with van der Waals surface area (Å²) in [5, 5.41) is 11.8. The smallest absolute Gasteiger partial charge is 0.330 e. The maximum atomic E-state index is 11.8. The minimum atomic E-state index is -1.32. The molecular weight excluding hydrogens is 332 g/mol. The maximum absolute atomic E-state index is 11.8. The second-order valence-electron chi connectivity index (χ2n) is 6.89. The van der Waals surface area contributed by atoms with Gasteiger partial charge in [0, 0.05) is 20.3 Å². The molecule has 0 radical (unpaired) electrons. The number of carbonyl (C=O) groups excluding carboxylic acids is 1. The fraction of sp³-hybridized carbons (Fsp3) is 0.476. The number of carbonyl (C=O) groups is 1. The summed E-state index contributed by atoms with van der Waals surface area (Å²) >= 11 is 0. The van der Waals surface area contributed by atoms with Crippen LogP contribution in [0.4, 0.5) is 0 Å². The Morgan fingerprint density at radius 1 is 1.23 bits per heavy atom. The zero-order valence-corrected chi connectivity index (χ0v) is 16.1. The summed E-state index contributed by atoms with van der Waals surface area (Å²) < 4.78 is 15.7. The lowest BCUT2D eigenvalue weighted by Gasteiger charge is -2.50. The maximum Gasteiger partial charge on any atom is 0.330 e. The molecule has 0 unspecified atom stereocenters. The first kappa shape index (κ1) is 20.4. The van der Waals surface area contributed by atoms with E-state index in [2.05, 4.69) is 4.74 Å². The van der Waals surface area contributed by atoms with Crippen molar-refractivity contribution in [2.45, 2.75) is 38.6 Å². The van der Waals surface area contributed by atoms with Gasteiger partial charge in [-0.15, -0.1) is 0 Å². The van der Waals surface area contributed by atoms with Crippen LogP contribution in [0.5, 0.6) is 0 Å². The molecule has 0 heterocycles. The highest BCUT2D eigenvalue weighted by molar-refractivity contribution is 5.83. The van der Waals surface area contributed by atoms with Crippen LogP contribution in [0.3, 0.4) is 0 Å². The molecule has 0 bridgehead atoms. The average molecular weight is 360 g/mol. The topological polar surface area (TPSA) is 65.0 Å². The van der Waals surface area contributed by atoms with Crippen molar-refractivity contribution in [1.29, 1.82) is 0 Å². The molecule has 1 aromatic rings. The van der Waals surface area contributed by atoms with Crippen molar-refractivity contribution in [3.8, 4) is 0 Å². The van der Waals surface area contributed by atoms with E-state index in [1.54, 1.807) is 33.3 Å². The van der Waals surface area contributed by atoms with E-state index in [0.717, 1.165) is 17.5 Å². The molecule has 1 N–H and O–H groups in total. The first-order valence-corrected chi connectivity index (χ1v) is 8.64. The minimum absolute atomic E-state index is 0.433. The summed E-state index contributed by atoms with van der Waals surface area (Å²) in [6, 6.07) is 7.84. The highest BCUT2D eigenvalue weighted by Crippen LogP contribution is 2.52. The first-order chi connectivity index (χ1) is 12.3. The van der Waals surface area contributed by atoms with Gasteiger partial charge in [-0.1, -0.05) is 37.3 Å². The second kappa shape index (κ2) is 8.16. The second-order valence-corrected chi connectivity index (χ2v) is 6.89. The lowest BCUT2D eigenvalue weighted by Crippen LogP contribution is -2.54. The third-order valence-corrected chi connectivity index (χ3v) is 5.29. The van der Waals surface area contributed by atoms with E-state index in [9.17, 15) is 9.90 Å². The third-order valence-electron chi connectivity index (χ3n) is 5.29. The van der Waals surface area contributed by atoms with E-state index >= 15 is 0 Å². The van der Waals surface area contributed by atoms with Crippen molar-refractivity contribution < 1.29 is 24.1 Å². The molecule has 0 amide bonds. The Labute approximate surface area is 155 Å². The fourth-order valence-electron chi connectivity index (χ4n) is 3.74. The van der Waals surface area contributed by atoms with Gasteiger partial charge in [0.25, 0.3) is 0 Å². The summed E-state index contributed by atoms with van der Waals surface area (Å²) in [5.41, 5.74) is 0.589. The SMILES string of the molecule is COC(=O)/C=C(C)\C=C\[C@@]1(O)c2ccccc2CC[C@]1(C)C(OC)OC. The van der Waals surface area contributed by atoms with Crippen molar-refractivity contribution in [2.24, 2.45) is 5.41 Å². The standard InChI is InChI=1S/C21H28O5/c1-15(14-18(22)24-3)10-13-21(23)17-9-7-6-8-16(17)11-12-20(21,2)19(25-4)26-5/h6-10,13-14,19,23H,11-12H2,1-5H3/b13-10+,15-14-/t20-,21-/m1/s1. The Morgan fingerprint density at radius 3 is 2.50 bits per heavy atom. The molecule has 5 heteroatoms. The summed E-state index contributed by atoms with van der Waals surface area (Å²) in [6.45, 7) is 3.75. The molecule has 142 valence electrons. The largest absolute Gasteiger partial charge is 0.466 e. The molecule has 0 saturated heterocycles. The van der Waals surface area contributed by atoms with Gasteiger partial charge in [-0.05, 0) is 42.5 Å². The van der Waals surface area contributed by atoms with Gasteiger partial charge in [-0.25, -0.2) is 4.79 Å². The molecule has 0 spiro atoms. The number of fused-ring (bicyclic) bond motifs is 1. The van der Waals surface area contributed by atoms with Crippen LogP contribution in [0.1, 0.15) is 31.4 Å². The molecule has 1 aromatic carbocycles. The number of aliphatic hydroxyl groups is 1. The highest BCUT2D eigenvalue weighted by Gasteiger charge is 2.54. The van der Waals surface area contributed by atoms with E-state index in [-0.39, 0.29) is 0 Å². The van der Waals surface area contributed by atoms with Crippen molar-refractivity contribution in [1.82, 2.24) is 0 Å². The third kappa shape index (κ3) is 3.61. The number of methoxy groups -OCH3 is 3. The predicted molar refractivity (Wildman–Crippen MR) is 99.5 cm³/mol. The van der Waals surface area contributed by atoms with Gasteiger partial charge in [0.2, 0.25) is 0 Å². The van der Waals surface area contributed by atoms with Crippen LogP contribution in [-0.4, -0.2) is 38.7 Å². The lowest BCUT2D eigenvalue weighted by molar-refractivity contribution is -0.232. The van der Waals surface area contributed by atoms with E-state index in [0.29, 0.717) is 12.0 Å². The summed E-state index contributed by atoms with van der Waals surface area (Å²) in [5.74, 6) is -0.433. The number of allylic oxidation sites excluding steroid dienone is 2. The molecule has 0 fully saturated rings. The normalized spacial score (nSPS) is 26.2. The monoisotopic (exact) mass is 360 g/mol. The van der Waals surface area contributed by atoms with Crippen LogP contribution in [0.25, 0.3) is 0 Å². The predicted octanol–water partition coefficient (Wildman–Crippen LogP) is 3.12. The number of benzene rings is 1. The van der Waals surface area contributed by atoms with E-state index in [1.165, 1.54) is 13.2 Å². The Morgan fingerprint density at radius 2 is 1.88 bits per heavy atom. The molecule has 5 nitrogen and oxygen atoms in total. The van der Waals surface area contributed by atoms with Crippen LogP contribution in [-0.2, 0) is 31.0 Å². The van der Waals surface area contributed by atoms with Gasteiger partial charge in [0.05, 0.1) is 12.5 Å². The summed E-state index contributed by atoms with van der Waals surface area (Å²) in [6.07, 6.45) is 5.77. The van der Waals surface area contributed by atoms with Crippen molar-refractivity contribution >= 4 is 5.97 Å². The van der Waals surface area contributed by atoms with Gasteiger partial charge in [0.1, 0.15) is 5.60 Å². The van der Waals surface area contributed by atoms with Crippen LogP contribution in [0.2, 0.25) is 0 Å². The molecular formula is C21H28O5. The molecule has 0 saturated carbocycles. The minimum Gasteiger partial charge on any atom is -0.466 e. The zero-order chi connectivity index (χ0) is 19.4. The Bertz CT molecular complexity index is 704. The van der Waals surface area contributed by atoms with Crippen molar-refractivity contribution in [3.63, 3.8) is 0 Å². The summed E-state index contributed by atoms with van der Waals surface area (Å²) in [7, 11) is 4.48.